The summed E-state index contributed by atoms with van der Waals surface area (Å²) < 4.78 is 60.0. The Bertz CT molecular complexity index is 1070. The van der Waals surface area contributed by atoms with E-state index in [4.69, 9.17) is 16.3 Å². The summed E-state index contributed by atoms with van der Waals surface area (Å²) >= 11 is 5.85. The lowest BCUT2D eigenvalue weighted by atomic mass is 10.1. The third-order valence-corrected chi connectivity index (χ3v) is 4.65. The fourth-order valence-electron chi connectivity index (χ4n) is 3.09. The van der Waals surface area contributed by atoms with Crippen LogP contribution in [-0.2, 0) is 19.8 Å². The van der Waals surface area contributed by atoms with Gasteiger partial charge in [0.15, 0.2) is 17.3 Å². The third-order valence-electron chi connectivity index (χ3n) is 4.46. The molecule has 3 heterocycles. The molecule has 0 N–H and O–H groups in total. The number of anilines is 1. The average molecular weight is 428 g/mol. The minimum Gasteiger partial charge on any atom is -0.486 e. The molecule has 2 aromatic heterocycles. The number of benzene rings is 1. The molecule has 0 atom stereocenters. The zero-order chi connectivity index (χ0) is 20.8. The van der Waals surface area contributed by atoms with E-state index in [0.29, 0.717) is 30.3 Å². The smallest absolute Gasteiger partial charge is 0.434 e. The van der Waals surface area contributed by atoms with Gasteiger partial charge in [-0.1, -0.05) is 12.1 Å². The summed E-state index contributed by atoms with van der Waals surface area (Å²) in [4.78, 5) is 13.4. The van der Waals surface area contributed by atoms with Gasteiger partial charge in [0.2, 0.25) is 5.28 Å². The molecule has 152 valence electrons. The highest BCUT2D eigenvalue weighted by atomic mass is 35.5. The van der Waals surface area contributed by atoms with Crippen molar-refractivity contribution in [1.82, 2.24) is 19.5 Å². The number of halogens is 5. The fourth-order valence-corrected chi connectivity index (χ4v) is 3.22. The summed E-state index contributed by atoms with van der Waals surface area (Å²) in [6.07, 6.45) is -2.24. The highest BCUT2D eigenvalue weighted by Gasteiger charge is 2.34. The molecule has 4 rings (SSSR count). The Balaban J connectivity index is 1.61. The molecular weight excluding hydrogens is 414 g/mol. The van der Waals surface area contributed by atoms with Crippen molar-refractivity contribution in [2.45, 2.75) is 12.7 Å². The van der Waals surface area contributed by atoms with Crippen LogP contribution in [0.3, 0.4) is 0 Å². The number of nitrogens with zero attached hydrogens (tertiary/aromatic N) is 5. The highest BCUT2D eigenvalue weighted by molar-refractivity contribution is 6.28. The average Bonchev–Trinajstić information content (AvgIpc) is 3.06. The number of fused-ring (bicyclic) bond motifs is 1. The Morgan fingerprint density at radius 1 is 1.24 bits per heavy atom. The van der Waals surface area contributed by atoms with Crippen molar-refractivity contribution >= 4 is 17.4 Å². The van der Waals surface area contributed by atoms with Crippen LogP contribution >= 0.6 is 11.6 Å². The van der Waals surface area contributed by atoms with Crippen LogP contribution in [0.5, 0.6) is 5.75 Å². The molecule has 11 heteroatoms. The Hall–Kier alpha value is -2.88. The zero-order valence-corrected chi connectivity index (χ0v) is 15.8. The minimum absolute atomic E-state index is 0.0269. The summed E-state index contributed by atoms with van der Waals surface area (Å²) in [5.41, 5.74) is -0.431. The molecule has 6 nitrogen and oxygen atoms in total. The van der Waals surface area contributed by atoms with Crippen LogP contribution in [0.15, 0.2) is 30.6 Å². The van der Waals surface area contributed by atoms with Gasteiger partial charge in [-0.15, -0.1) is 0 Å². The van der Waals surface area contributed by atoms with E-state index in [1.807, 2.05) is 0 Å². The van der Waals surface area contributed by atoms with E-state index in [1.165, 1.54) is 36.0 Å². The normalized spacial score (nSPS) is 13.9. The number of aryl methyl sites for hydroxylation is 1. The van der Waals surface area contributed by atoms with Crippen molar-refractivity contribution in [3.8, 4) is 17.1 Å². The SMILES string of the molecule is Cn1cc(C(F)(F)F)nc1-c1ccc(CN2CCOc3cnc(Cl)nc32)c(F)c1. The maximum absolute atomic E-state index is 14.7. The van der Waals surface area contributed by atoms with E-state index in [9.17, 15) is 17.6 Å². The molecular formula is C18H14ClF4N5O. The van der Waals surface area contributed by atoms with Gasteiger partial charge in [0.05, 0.1) is 12.7 Å². The molecule has 0 bridgehead atoms. The van der Waals surface area contributed by atoms with Crippen molar-refractivity contribution in [2.24, 2.45) is 7.05 Å². The van der Waals surface area contributed by atoms with E-state index in [-0.39, 0.29) is 23.2 Å². The summed E-state index contributed by atoms with van der Waals surface area (Å²) in [6, 6.07) is 4.23. The Morgan fingerprint density at radius 3 is 2.72 bits per heavy atom. The molecule has 0 fully saturated rings. The van der Waals surface area contributed by atoms with Crippen molar-refractivity contribution in [2.75, 3.05) is 18.1 Å². The van der Waals surface area contributed by atoms with E-state index < -0.39 is 17.7 Å². The lowest BCUT2D eigenvalue weighted by Gasteiger charge is -2.29. The summed E-state index contributed by atoms with van der Waals surface area (Å²) in [5, 5.41) is 0.0466. The fraction of sp³-hybridized carbons (Fsp3) is 0.278. The van der Waals surface area contributed by atoms with E-state index in [2.05, 4.69) is 15.0 Å². The number of hydrogen-bond acceptors (Lipinski definition) is 5. The summed E-state index contributed by atoms with van der Waals surface area (Å²) in [6.45, 7) is 1.03. The number of ether oxygens (including phenoxy) is 1. The molecule has 0 aliphatic carbocycles. The van der Waals surface area contributed by atoms with Gasteiger partial charge in [0.25, 0.3) is 0 Å². The van der Waals surface area contributed by atoms with Gasteiger partial charge in [0.1, 0.15) is 18.2 Å². The molecule has 1 aliphatic rings. The largest absolute Gasteiger partial charge is 0.486 e. The molecule has 1 aliphatic heterocycles. The molecule has 0 unspecified atom stereocenters. The second-order valence-electron chi connectivity index (χ2n) is 6.46. The predicted octanol–water partition coefficient (Wildman–Crippen LogP) is 4.09. The van der Waals surface area contributed by atoms with E-state index >= 15 is 0 Å². The van der Waals surface area contributed by atoms with Gasteiger partial charge in [-0.25, -0.2) is 14.4 Å². The molecule has 0 spiro atoms. The molecule has 3 aromatic rings. The molecule has 0 saturated carbocycles. The molecule has 29 heavy (non-hydrogen) atoms. The first-order valence-corrected chi connectivity index (χ1v) is 8.90. The first-order valence-electron chi connectivity index (χ1n) is 8.52. The van der Waals surface area contributed by atoms with Gasteiger partial charge in [-0.2, -0.15) is 18.2 Å². The second-order valence-corrected chi connectivity index (χ2v) is 6.80. The van der Waals surface area contributed by atoms with Gasteiger partial charge < -0.3 is 14.2 Å². The Labute approximate surface area is 167 Å². The Kier molecular flexibility index (Phi) is 4.81. The monoisotopic (exact) mass is 427 g/mol. The zero-order valence-electron chi connectivity index (χ0n) is 15.0. The van der Waals surface area contributed by atoms with Gasteiger partial charge in [-0.05, 0) is 17.7 Å². The first-order chi connectivity index (χ1) is 13.7. The van der Waals surface area contributed by atoms with Crippen LogP contribution in [0.25, 0.3) is 11.4 Å². The third kappa shape index (κ3) is 3.84. The maximum atomic E-state index is 14.7. The standard InChI is InChI=1S/C18H14ClF4N5O/c1-27-9-14(18(21,22)23)25-15(27)10-2-3-11(12(20)6-10)8-28-4-5-29-13-7-24-17(19)26-16(13)28/h2-3,6-7,9H,4-5,8H2,1H3. The van der Waals surface area contributed by atoms with Crippen molar-refractivity contribution in [3.63, 3.8) is 0 Å². The van der Waals surface area contributed by atoms with Gasteiger partial charge >= 0.3 is 6.18 Å². The van der Waals surface area contributed by atoms with Crippen LogP contribution in [0, 0.1) is 5.82 Å². The van der Waals surface area contributed by atoms with Crippen LogP contribution in [0.1, 0.15) is 11.3 Å². The maximum Gasteiger partial charge on any atom is 0.434 e. The number of hydrogen-bond donors (Lipinski definition) is 0. The quantitative estimate of drug-likeness (QED) is 0.465. The van der Waals surface area contributed by atoms with Crippen molar-refractivity contribution in [1.29, 1.82) is 0 Å². The topological polar surface area (TPSA) is 56.1 Å². The number of imidazole rings is 1. The van der Waals surface area contributed by atoms with Crippen LogP contribution in [-0.4, -0.2) is 32.7 Å². The first kappa shape index (κ1) is 19.4. The van der Waals surface area contributed by atoms with E-state index in [0.717, 1.165) is 6.20 Å². The van der Waals surface area contributed by atoms with Crippen molar-refractivity contribution < 1.29 is 22.3 Å². The van der Waals surface area contributed by atoms with Crippen LogP contribution < -0.4 is 9.64 Å². The van der Waals surface area contributed by atoms with Crippen molar-refractivity contribution in [3.05, 3.63) is 53.0 Å². The Morgan fingerprint density at radius 2 is 2.03 bits per heavy atom. The molecule has 0 saturated heterocycles. The highest BCUT2D eigenvalue weighted by Crippen LogP contribution is 2.33. The van der Waals surface area contributed by atoms with Crippen LogP contribution in [0.2, 0.25) is 5.28 Å². The predicted molar refractivity (Wildman–Crippen MR) is 97.2 cm³/mol. The van der Waals surface area contributed by atoms with Gasteiger partial charge in [-0.3, -0.25) is 0 Å². The minimum atomic E-state index is -4.57. The number of aromatic nitrogens is 4. The molecule has 0 amide bonds. The number of rotatable bonds is 3. The second kappa shape index (κ2) is 7.18. The van der Waals surface area contributed by atoms with Crippen LogP contribution in [0.4, 0.5) is 23.4 Å². The molecule has 1 aromatic carbocycles. The van der Waals surface area contributed by atoms with Gasteiger partial charge in [0, 0.05) is 30.9 Å². The summed E-state index contributed by atoms with van der Waals surface area (Å²) in [5.74, 6) is 0.371. The molecule has 0 radical (unpaired) electrons. The number of alkyl halides is 3. The lowest BCUT2D eigenvalue weighted by molar-refractivity contribution is -0.140. The summed E-state index contributed by atoms with van der Waals surface area (Å²) in [7, 11) is 1.43. The van der Waals surface area contributed by atoms with E-state index in [1.54, 1.807) is 4.90 Å². The lowest BCUT2D eigenvalue weighted by Crippen LogP contribution is -2.33.